The van der Waals surface area contributed by atoms with Gasteiger partial charge in [-0.15, -0.1) is 0 Å². The lowest BCUT2D eigenvalue weighted by atomic mass is 9.89. The number of pyridine rings is 1. The van der Waals surface area contributed by atoms with Gasteiger partial charge in [-0.25, -0.2) is 9.97 Å². The summed E-state index contributed by atoms with van der Waals surface area (Å²) in [6, 6.07) is 0. The molecule has 5 rings (SSSR count). The van der Waals surface area contributed by atoms with Crippen LogP contribution >= 0.6 is 0 Å². The van der Waals surface area contributed by atoms with Crippen molar-refractivity contribution in [2.75, 3.05) is 26.3 Å². The first-order chi connectivity index (χ1) is 14.3. The summed E-state index contributed by atoms with van der Waals surface area (Å²) in [5.74, 6) is -0.136. The summed E-state index contributed by atoms with van der Waals surface area (Å²) in [6.07, 6.45) is 2.10. The van der Waals surface area contributed by atoms with E-state index >= 15 is 0 Å². The first kappa shape index (κ1) is 19.2. The molecule has 0 atom stereocenters. The zero-order valence-corrected chi connectivity index (χ0v) is 17.4. The Balaban J connectivity index is 1.60. The minimum Gasteiger partial charge on any atom is -0.430 e. The van der Waals surface area contributed by atoms with Crippen molar-refractivity contribution in [3.05, 3.63) is 33.5 Å². The molecule has 0 radical (unpaired) electrons. The van der Waals surface area contributed by atoms with Crippen LogP contribution in [0.5, 0.6) is 0 Å². The van der Waals surface area contributed by atoms with Gasteiger partial charge in [-0.3, -0.25) is 14.2 Å². The third-order valence-electron chi connectivity index (χ3n) is 5.90. The number of carbonyl (C=O) groups is 1. The molecule has 5 heterocycles. The van der Waals surface area contributed by atoms with Gasteiger partial charge in [0.2, 0.25) is 17.2 Å². The van der Waals surface area contributed by atoms with Crippen LogP contribution in [0, 0.1) is 6.92 Å². The first-order valence-electron chi connectivity index (χ1n) is 10.1. The zero-order valence-electron chi connectivity index (χ0n) is 17.4. The van der Waals surface area contributed by atoms with Gasteiger partial charge in [-0.2, -0.15) is 0 Å². The topological polar surface area (TPSA) is 99.7 Å². The second-order valence-electron chi connectivity index (χ2n) is 8.51. The number of ether oxygens (including phenoxy) is 2. The van der Waals surface area contributed by atoms with Crippen molar-refractivity contribution in [3.8, 4) is 0 Å². The number of fused-ring (bicyclic) bond motifs is 5. The Morgan fingerprint density at radius 3 is 2.77 bits per heavy atom. The lowest BCUT2D eigenvalue weighted by molar-refractivity contribution is -0.135. The van der Waals surface area contributed by atoms with Gasteiger partial charge in [0.25, 0.3) is 5.56 Å². The number of furan rings is 1. The van der Waals surface area contributed by atoms with Crippen LogP contribution in [0.1, 0.15) is 30.7 Å². The second-order valence-corrected chi connectivity index (χ2v) is 8.51. The molecule has 0 aromatic carbocycles. The molecule has 0 N–H and O–H groups in total. The molecular weight excluding hydrogens is 388 g/mol. The van der Waals surface area contributed by atoms with Gasteiger partial charge in [0.1, 0.15) is 12.1 Å². The molecular formula is C21H24N4O5. The van der Waals surface area contributed by atoms with Gasteiger partial charge in [-0.05, 0) is 26.3 Å². The Morgan fingerprint density at radius 1 is 1.23 bits per heavy atom. The second kappa shape index (κ2) is 6.88. The molecule has 2 aliphatic heterocycles. The van der Waals surface area contributed by atoms with E-state index in [4.69, 9.17) is 13.9 Å². The fourth-order valence-corrected chi connectivity index (χ4v) is 4.23. The van der Waals surface area contributed by atoms with Crippen LogP contribution in [-0.2, 0) is 33.8 Å². The lowest BCUT2D eigenvalue weighted by Gasteiger charge is -2.32. The molecule has 0 unspecified atom stereocenters. The number of nitrogens with zero attached hydrogens (tertiary/aromatic N) is 4. The first-order valence-corrected chi connectivity index (χ1v) is 10.1. The summed E-state index contributed by atoms with van der Waals surface area (Å²) in [4.78, 5) is 36.4. The molecule has 30 heavy (non-hydrogen) atoms. The molecule has 1 saturated heterocycles. The van der Waals surface area contributed by atoms with Gasteiger partial charge in [0, 0.05) is 30.8 Å². The number of carbonyl (C=O) groups excluding carboxylic acids is 1. The highest BCUT2D eigenvalue weighted by molar-refractivity contribution is 6.03. The number of hydrogen-bond donors (Lipinski definition) is 0. The number of hydrogen-bond acceptors (Lipinski definition) is 7. The maximum atomic E-state index is 13.1. The Morgan fingerprint density at radius 2 is 2.00 bits per heavy atom. The standard InChI is InChI=1S/C21H24N4O5/c1-12-14-10-29-21(2,3)8-13(14)16-17-18(30-19(16)23-12)20(27)25(11-22-17)9-15(26)24-4-6-28-7-5-24/h11H,4-10H2,1-3H3. The van der Waals surface area contributed by atoms with E-state index in [2.05, 4.69) is 9.97 Å². The number of aryl methyl sites for hydroxylation is 1. The average molecular weight is 412 g/mol. The highest BCUT2D eigenvalue weighted by Gasteiger charge is 2.31. The van der Waals surface area contributed by atoms with Gasteiger partial charge >= 0.3 is 0 Å². The van der Waals surface area contributed by atoms with Crippen molar-refractivity contribution in [1.29, 1.82) is 0 Å². The molecule has 3 aromatic rings. The average Bonchev–Trinajstić information content (AvgIpc) is 3.09. The lowest BCUT2D eigenvalue weighted by Crippen LogP contribution is -2.43. The molecule has 0 spiro atoms. The van der Waals surface area contributed by atoms with E-state index < -0.39 is 0 Å². The molecule has 3 aromatic heterocycles. The smallest absolute Gasteiger partial charge is 0.297 e. The summed E-state index contributed by atoms with van der Waals surface area (Å²) in [7, 11) is 0. The molecule has 1 amide bonds. The largest absolute Gasteiger partial charge is 0.430 e. The summed E-state index contributed by atoms with van der Waals surface area (Å²) in [5, 5.41) is 0.769. The van der Waals surface area contributed by atoms with Gasteiger partial charge in [0.15, 0.2) is 0 Å². The summed E-state index contributed by atoms with van der Waals surface area (Å²) in [6.45, 7) is 8.46. The van der Waals surface area contributed by atoms with Crippen molar-refractivity contribution in [2.24, 2.45) is 0 Å². The highest BCUT2D eigenvalue weighted by Crippen LogP contribution is 2.37. The normalized spacial score (nSPS) is 18.7. The van der Waals surface area contributed by atoms with Crippen molar-refractivity contribution >= 4 is 28.1 Å². The number of morpholine rings is 1. The molecule has 9 nitrogen and oxygen atoms in total. The van der Waals surface area contributed by atoms with E-state index in [0.29, 0.717) is 50.6 Å². The number of aromatic nitrogens is 3. The Hall–Kier alpha value is -2.78. The van der Waals surface area contributed by atoms with Crippen LogP contribution in [0.4, 0.5) is 0 Å². The Labute approximate surface area is 172 Å². The van der Waals surface area contributed by atoms with E-state index in [9.17, 15) is 9.59 Å². The molecule has 0 aliphatic carbocycles. The fourth-order valence-electron chi connectivity index (χ4n) is 4.23. The summed E-state index contributed by atoms with van der Waals surface area (Å²) >= 11 is 0. The van der Waals surface area contributed by atoms with Crippen molar-refractivity contribution < 1.29 is 18.7 Å². The highest BCUT2D eigenvalue weighted by atomic mass is 16.5. The van der Waals surface area contributed by atoms with Gasteiger partial charge < -0.3 is 18.8 Å². The third kappa shape index (κ3) is 3.09. The van der Waals surface area contributed by atoms with Gasteiger partial charge in [0.05, 0.1) is 37.1 Å². The van der Waals surface area contributed by atoms with Crippen molar-refractivity contribution in [1.82, 2.24) is 19.4 Å². The predicted octanol–water partition coefficient (Wildman–Crippen LogP) is 1.56. The van der Waals surface area contributed by atoms with Crippen molar-refractivity contribution in [2.45, 2.75) is 45.9 Å². The minimum absolute atomic E-state index is 0.0791. The fraction of sp³-hybridized carbons (Fsp3) is 0.524. The molecule has 158 valence electrons. The Bertz CT molecular complexity index is 1220. The number of amides is 1. The summed E-state index contributed by atoms with van der Waals surface area (Å²) in [5.41, 5.74) is 3.25. The van der Waals surface area contributed by atoms with E-state index in [0.717, 1.165) is 22.2 Å². The third-order valence-corrected chi connectivity index (χ3v) is 5.90. The van der Waals surface area contributed by atoms with E-state index in [1.165, 1.54) is 10.9 Å². The molecule has 0 saturated carbocycles. The SMILES string of the molecule is Cc1nc2oc3c(=O)n(CC(=O)N4CCOCC4)cnc3c2c2c1COC(C)(C)C2. The van der Waals surface area contributed by atoms with Crippen LogP contribution in [0.25, 0.3) is 22.2 Å². The van der Waals surface area contributed by atoms with Crippen LogP contribution in [-0.4, -0.2) is 57.2 Å². The quantitative estimate of drug-likeness (QED) is 0.630. The maximum Gasteiger partial charge on any atom is 0.297 e. The monoisotopic (exact) mass is 412 g/mol. The van der Waals surface area contributed by atoms with E-state index in [1.54, 1.807) is 4.90 Å². The van der Waals surface area contributed by atoms with E-state index in [1.807, 2.05) is 20.8 Å². The molecule has 0 bridgehead atoms. The van der Waals surface area contributed by atoms with Crippen LogP contribution in [0.2, 0.25) is 0 Å². The Kier molecular flexibility index (Phi) is 4.41. The van der Waals surface area contributed by atoms with Crippen LogP contribution < -0.4 is 5.56 Å². The predicted molar refractivity (Wildman–Crippen MR) is 108 cm³/mol. The summed E-state index contributed by atoms with van der Waals surface area (Å²) < 4.78 is 18.4. The van der Waals surface area contributed by atoms with Crippen LogP contribution in [0.3, 0.4) is 0 Å². The van der Waals surface area contributed by atoms with Gasteiger partial charge in [-0.1, -0.05) is 0 Å². The molecule has 2 aliphatic rings. The maximum absolute atomic E-state index is 13.1. The number of rotatable bonds is 2. The zero-order chi connectivity index (χ0) is 21.0. The minimum atomic E-state index is -0.377. The van der Waals surface area contributed by atoms with E-state index in [-0.39, 0.29) is 29.2 Å². The molecule has 1 fully saturated rings. The molecule has 9 heteroatoms. The van der Waals surface area contributed by atoms with Crippen LogP contribution in [0.15, 0.2) is 15.5 Å². The van der Waals surface area contributed by atoms with Crippen molar-refractivity contribution in [3.63, 3.8) is 0 Å².